The number of ether oxygens (including phenoxy) is 1. The highest BCUT2D eigenvalue weighted by molar-refractivity contribution is 5.66. The first-order chi connectivity index (χ1) is 12.8. The van der Waals surface area contributed by atoms with Crippen LogP contribution in [0.25, 0.3) is 0 Å². The Morgan fingerprint density at radius 2 is 2.07 bits per heavy atom. The van der Waals surface area contributed by atoms with Gasteiger partial charge in [-0.2, -0.15) is 5.26 Å². The third-order valence-corrected chi connectivity index (χ3v) is 8.84. The van der Waals surface area contributed by atoms with E-state index in [0.717, 1.165) is 51.2 Å². The number of aldehydes is 1. The molecular formula is C23H31NO3. The van der Waals surface area contributed by atoms with Crippen LogP contribution < -0.4 is 0 Å². The predicted molar refractivity (Wildman–Crippen MR) is 101 cm³/mol. The van der Waals surface area contributed by atoms with Crippen molar-refractivity contribution in [2.45, 2.75) is 71.8 Å². The predicted octanol–water partition coefficient (Wildman–Crippen LogP) is 4.45. The molecule has 4 nitrogen and oxygen atoms in total. The van der Waals surface area contributed by atoms with Gasteiger partial charge in [0.15, 0.2) is 0 Å². The molecule has 0 N–H and O–H groups in total. The molecule has 3 fully saturated rings. The highest BCUT2D eigenvalue weighted by Crippen LogP contribution is 2.66. The number of fused-ring (bicyclic) bond motifs is 5. The summed E-state index contributed by atoms with van der Waals surface area (Å²) in [6.45, 7) is 6.18. The average molecular weight is 370 g/mol. The van der Waals surface area contributed by atoms with E-state index in [-0.39, 0.29) is 34.7 Å². The van der Waals surface area contributed by atoms with Crippen LogP contribution in [0.4, 0.5) is 0 Å². The second kappa shape index (κ2) is 6.47. The van der Waals surface area contributed by atoms with Crippen molar-refractivity contribution in [3.8, 4) is 6.07 Å². The van der Waals surface area contributed by atoms with Crippen molar-refractivity contribution in [2.75, 3.05) is 0 Å². The number of carbonyl (C=O) groups is 2. The Labute approximate surface area is 162 Å². The molecule has 0 radical (unpaired) electrons. The number of hydrogen-bond acceptors (Lipinski definition) is 4. The molecule has 4 rings (SSSR count). The fourth-order valence-corrected chi connectivity index (χ4v) is 7.43. The standard InChI is InChI=1S/C23H31NO3/c1-14(26)27-17-6-8-22(2)16(11-17)4-5-18-19(22)7-9-23(3)20(18)10-15(12-24)21(23)13-25/h4,13,15,17-21H,5-11H2,1-3H3/t15-,17-,18+,19-,20-,21-,22-,23-/m0/s1. The summed E-state index contributed by atoms with van der Waals surface area (Å²) in [5, 5.41) is 9.60. The maximum absolute atomic E-state index is 11.8. The van der Waals surface area contributed by atoms with Gasteiger partial charge in [0, 0.05) is 19.3 Å². The molecule has 0 unspecified atom stereocenters. The Kier molecular flexibility index (Phi) is 4.48. The molecule has 0 heterocycles. The molecule has 3 saturated carbocycles. The zero-order chi connectivity index (χ0) is 19.4. The van der Waals surface area contributed by atoms with Gasteiger partial charge in [-0.1, -0.05) is 25.5 Å². The molecule has 0 aromatic rings. The number of carbonyl (C=O) groups excluding carboxylic acids is 2. The van der Waals surface area contributed by atoms with Crippen LogP contribution in [-0.4, -0.2) is 18.4 Å². The summed E-state index contributed by atoms with van der Waals surface area (Å²) in [5.41, 5.74) is 1.65. The number of nitriles is 1. The molecule has 0 spiro atoms. The van der Waals surface area contributed by atoms with Crippen molar-refractivity contribution in [2.24, 2.45) is 40.4 Å². The fourth-order valence-electron chi connectivity index (χ4n) is 7.43. The molecular weight excluding hydrogens is 338 g/mol. The number of hydrogen-bond donors (Lipinski definition) is 0. The summed E-state index contributed by atoms with van der Waals surface area (Å²) in [4.78, 5) is 23.2. The Balaban J connectivity index is 1.61. The van der Waals surface area contributed by atoms with E-state index in [1.807, 2.05) is 0 Å². The molecule has 4 aliphatic rings. The Hall–Kier alpha value is -1.63. The van der Waals surface area contributed by atoms with E-state index in [9.17, 15) is 14.9 Å². The number of esters is 1. The minimum Gasteiger partial charge on any atom is -0.462 e. The van der Waals surface area contributed by atoms with Gasteiger partial charge in [0.2, 0.25) is 0 Å². The maximum atomic E-state index is 11.8. The number of allylic oxidation sites excluding steroid dienone is 1. The first-order valence-electron chi connectivity index (χ1n) is 10.5. The normalized spacial score (nSPS) is 48.3. The van der Waals surface area contributed by atoms with Crippen LogP contribution in [0.3, 0.4) is 0 Å². The van der Waals surface area contributed by atoms with Crippen molar-refractivity contribution in [1.29, 1.82) is 5.26 Å². The van der Waals surface area contributed by atoms with Crippen molar-refractivity contribution in [3.05, 3.63) is 11.6 Å². The maximum Gasteiger partial charge on any atom is 0.302 e. The molecule has 146 valence electrons. The second-order valence-electron chi connectivity index (χ2n) is 9.91. The average Bonchev–Trinajstić information content (AvgIpc) is 2.93. The highest BCUT2D eigenvalue weighted by atomic mass is 16.5. The van der Waals surface area contributed by atoms with Crippen molar-refractivity contribution >= 4 is 12.3 Å². The van der Waals surface area contributed by atoms with Crippen LogP contribution in [0.2, 0.25) is 0 Å². The molecule has 4 heteroatoms. The minimum absolute atomic E-state index is 0.0139. The van der Waals surface area contributed by atoms with Gasteiger partial charge < -0.3 is 9.53 Å². The molecule has 0 aliphatic heterocycles. The fraction of sp³-hybridized carbons (Fsp3) is 0.783. The number of rotatable bonds is 2. The Morgan fingerprint density at radius 3 is 2.74 bits per heavy atom. The quantitative estimate of drug-likeness (QED) is 0.410. The smallest absolute Gasteiger partial charge is 0.302 e. The van der Waals surface area contributed by atoms with Gasteiger partial charge in [0.25, 0.3) is 0 Å². The Bertz CT molecular complexity index is 722. The van der Waals surface area contributed by atoms with Gasteiger partial charge in [0.1, 0.15) is 12.4 Å². The lowest BCUT2D eigenvalue weighted by atomic mass is 9.47. The van der Waals surface area contributed by atoms with Crippen LogP contribution in [0.15, 0.2) is 11.6 Å². The summed E-state index contributed by atoms with van der Waals surface area (Å²) < 4.78 is 5.51. The second-order valence-corrected chi connectivity index (χ2v) is 9.91. The van der Waals surface area contributed by atoms with E-state index < -0.39 is 0 Å². The third kappa shape index (κ3) is 2.69. The van der Waals surface area contributed by atoms with E-state index in [2.05, 4.69) is 26.0 Å². The van der Waals surface area contributed by atoms with Crippen LogP contribution in [-0.2, 0) is 14.3 Å². The van der Waals surface area contributed by atoms with E-state index in [0.29, 0.717) is 17.8 Å². The molecule has 0 aromatic carbocycles. The number of nitrogens with zero attached hydrogens (tertiary/aromatic N) is 1. The van der Waals surface area contributed by atoms with Crippen LogP contribution in [0.5, 0.6) is 0 Å². The van der Waals surface area contributed by atoms with E-state index in [1.165, 1.54) is 12.5 Å². The first kappa shape index (κ1) is 18.7. The summed E-state index contributed by atoms with van der Waals surface area (Å²) in [5.74, 6) is 1.26. The van der Waals surface area contributed by atoms with Gasteiger partial charge in [-0.3, -0.25) is 4.79 Å². The van der Waals surface area contributed by atoms with E-state index >= 15 is 0 Å². The zero-order valence-electron chi connectivity index (χ0n) is 16.7. The minimum atomic E-state index is -0.181. The van der Waals surface area contributed by atoms with Gasteiger partial charge in [-0.05, 0) is 67.1 Å². The van der Waals surface area contributed by atoms with Crippen molar-refractivity contribution in [1.82, 2.24) is 0 Å². The third-order valence-electron chi connectivity index (χ3n) is 8.84. The van der Waals surface area contributed by atoms with E-state index in [4.69, 9.17) is 4.74 Å². The van der Waals surface area contributed by atoms with Crippen LogP contribution in [0, 0.1) is 51.8 Å². The molecule has 8 atom stereocenters. The van der Waals surface area contributed by atoms with Crippen LogP contribution >= 0.6 is 0 Å². The lowest BCUT2D eigenvalue weighted by Gasteiger charge is -2.57. The lowest BCUT2D eigenvalue weighted by molar-refractivity contribution is -0.148. The van der Waals surface area contributed by atoms with Gasteiger partial charge in [-0.15, -0.1) is 0 Å². The van der Waals surface area contributed by atoms with Gasteiger partial charge in [0.05, 0.1) is 12.0 Å². The largest absolute Gasteiger partial charge is 0.462 e. The van der Waals surface area contributed by atoms with Gasteiger partial charge in [-0.25, -0.2) is 0 Å². The summed E-state index contributed by atoms with van der Waals surface area (Å²) >= 11 is 0. The SMILES string of the molecule is CC(=O)O[C@H]1CC[C@@]2(C)C(=CC[C@H]3[C@@H]4C[C@@H](C#N)[C@H](C=O)[C@@]4(C)CC[C@@H]32)C1. The zero-order valence-corrected chi connectivity index (χ0v) is 16.7. The van der Waals surface area contributed by atoms with E-state index in [1.54, 1.807) is 0 Å². The topological polar surface area (TPSA) is 67.2 Å². The Morgan fingerprint density at radius 1 is 1.30 bits per heavy atom. The summed E-state index contributed by atoms with van der Waals surface area (Å²) in [7, 11) is 0. The van der Waals surface area contributed by atoms with Crippen LogP contribution in [0.1, 0.15) is 65.7 Å². The molecule has 0 bridgehead atoms. The highest BCUT2D eigenvalue weighted by Gasteiger charge is 2.61. The monoisotopic (exact) mass is 369 g/mol. The molecule has 0 amide bonds. The first-order valence-corrected chi connectivity index (χ1v) is 10.5. The lowest BCUT2D eigenvalue weighted by Crippen LogP contribution is -2.50. The molecule has 0 aromatic heterocycles. The molecule has 27 heavy (non-hydrogen) atoms. The molecule has 4 aliphatic carbocycles. The van der Waals surface area contributed by atoms with Gasteiger partial charge >= 0.3 is 5.97 Å². The van der Waals surface area contributed by atoms with Crippen molar-refractivity contribution < 1.29 is 14.3 Å². The summed E-state index contributed by atoms with van der Waals surface area (Å²) in [6.07, 6.45) is 10.5. The molecule has 0 saturated heterocycles. The summed E-state index contributed by atoms with van der Waals surface area (Å²) in [6, 6.07) is 2.44. The van der Waals surface area contributed by atoms with Crippen molar-refractivity contribution in [3.63, 3.8) is 0 Å².